The van der Waals surface area contributed by atoms with Crippen LogP contribution in [0.15, 0.2) is 42.6 Å². The van der Waals surface area contributed by atoms with E-state index in [0.717, 1.165) is 11.1 Å². The van der Waals surface area contributed by atoms with E-state index in [1.807, 2.05) is 43.5 Å². The van der Waals surface area contributed by atoms with Gasteiger partial charge in [-0.05, 0) is 25.0 Å². The van der Waals surface area contributed by atoms with Gasteiger partial charge in [0, 0.05) is 23.5 Å². The first-order chi connectivity index (χ1) is 8.81. The lowest BCUT2D eigenvalue weighted by molar-refractivity contribution is -0.142. The lowest BCUT2D eigenvalue weighted by Crippen LogP contribution is -2.05. The van der Waals surface area contributed by atoms with Gasteiger partial charge in [-0.3, -0.25) is 4.79 Å². The molecule has 1 N–H and O–H groups in total. The van der Waals surface area contributed by atoms with E-state index in [1.165, 1.54) is 5.39 Å². The molecule has 1 heterocycles. The minimum Gasteiger partial charge on any atom is -0.461 e. The molecule has 2 rings (SSSR count). The van der Waals surface area contributed by atoms with Gasteiger partial charge in [-0.15, -0.1) is 0 Å². The molecule has 0 aliphatic carbocycles. The van der Waals surface area contributed by atoms with Crippen molar-refractivity contribution in [2.75, 3.05) is 6.61 Å². The van der Waals surface area contributed by atoms with Crippen molar-refractivity contribution in [3.05, 3.63) is 48.2 Å². The van der Waals surface area contributed by atoms with Crippen LogP contribution < -0.4 is 0 Å². The van der Waals surface area contributed by atoms with Crippen LogP contribution in [-0.4, -0.2) is 17.6 Å². The lowest BCUT2D eigenvalue weighted by Gasteiger charge is -2.01. The predicted octanol–water partition coefficient (Wildman–Crippen LogP) is 3.22. The van der Waals surface area contributed by atoms with Crippen LogP contribution in [0.2, 0.25) is 0 Å². The van der Waals surface area contributed by atoms with Gasteiger partial charge in [0.2, 0.25) is 0 Å². The second-order valence-corrected chi connectivity index (χ2v) is 4.11. The smallest absolute Gasteiger partial charge is 0.306 e. The highest BCUT2D eigenvalue weighted by molar-refractivity contribution is 5.83. The maximum atomic E-state index is 11.5. The number of ether oxygens (including phenoxy) is 1. The molecule has 0 amide bonds. The normalized spacial score (nSPS) is 11.2. The van der Waals surface area contributed by atoms with Crippen molar-refractivity contribution in [1.82, 2.24) is 4.98 Å². The van der Waals surface area contributed by atoms with Gasteiger partial charge in [0.1, 0.15) is 6.61 Å². The Morgan fingerprint density at radius 1 is 1.39 bits per heavy atom. The number of para-hydroxylation sites is 1. The van der Waals surface area contributed by atoms with E-state index in [4.69, 9.17) is 4.74 Å². The summed E-state index contributed by atoms with van der Waals surface area (Å²) in [5.74, 6) is -0.154. The number of aryl methyl sites for hydroxylation is 1. The number of hydrogen-bond donors (Lipinski definition) is 1. The molecule has 0 spiro atoms. The number of aromatic nitrogens is 1. The quantitative estimate of drug-likeness (QED) is 0.647. The zero-order valence-electron chi connectivity index (χ0n) is 10.5. The number of hydrogen-bond acceptors (Lipinski definition) is 2. The third kappa shape index (κ3) is 3.00. The Hall–Kier alpha value is -2.03. The molecular formula is C15H17NO2. The number of nitrogens with one attached hydrogen (secondary N) is 1. The number of carbonyl (C=O) groups excluding carboxylic acids is 1. The van der Waals surface area contributed by atoms with Gasteiger partial charge in [-0.25, -0.2) is 0 Å². The Morgan fingerprint density at radius 2 is 2.22 bits per heavy atom. The topological polar surface area (TPSA) is 42.1 Å². The van der Waals surface area contributed by atoms with Crippen molar-refractivity contribution in [2.24, 2.45) is 0 Å². The average molecular weight is 243 g/mol. The first-order valence-electron chi connectivity index (χ1n) is 6.13. The van der Waals surface area contributed by atoms with Crippen LogP contribution in [0.5, 0.6) is 0 Å². The number of fused-ring (bicyclic) bond motifs is 1. The predicted molar refractivity (Wildman–Crippen MR) is 72.4 cm³/mol. The largest absolute Gasteiger partial charge is 0.461 e. The van der Waals surface area contributed by atoms with Crippen LogP contribution in [0.3, 0.4) is 0 Å². The lowest BCUT2D eigenvalue weighted by atomic mass is 10.1. The number of esters is 1. The SMILES string of the molecule is C/C=C/COC(=O)CCc1c[nH]c2ccccc12. The second-order valence-electron chi connectivity index (χ2n) is 4.11. The van der Waals surface area contributed by atoms with Crippen molar-refractivity contribution >= 4 is 16.9 Å². The molecule has 2 aromatic rings. The maximum absolute atomic E-state index is 11.5. The molecule has 18 heavy (non-hydrogen) atoms. The molecule has 0 aliphatic rings. The first-order valence-corrected chi connectivity index (χ1v) is 6.13. The molecular weight excluding hydrogens is 226 g/mol. The Kier molecular flexibility index (Phi) is 4.18. The molecule has 0 bridgehead atoms. The zero-order chi connectivity index (χ0) is 12.8. The number of rotatable bonds is 5. The Bertz CT molecular complexity index is 554. The molecule has 0 unspecified atom stereocenters. The Balaban J connectivity index is 1.92. The van der Waals surface area contributed by atoms with E-state index < -0.39 is 0 Å². The highest BCUT2D eigenvalue weighted by Gasteiger charge is 2.06. The number of benzene rings is 1. The third-order valence-corrected chi connectivity index (χ3v) is 2.85. The van der Waals surface area contributed by atoms with E-state index in [1.54, 1.807) is 0 Å². The van der Waals surface area contributed by atoms with Gasteiger partial charge < -0.3 is 9.72 Å². The number of H-pyrrole nitrogens is 1. The molecule has 1 aromatic carbocycles. The van der Waals surface area contributed by atoms with Crippen molar-refractivity contribution in [1.29, 1.82) is 0 Å². The number of allylic oxidation sites excluding steroid dienone is 1. The van der Waals surface area contributed by atoms with Crippen LogP contribution in [0, 0.1) is 0 Å². The summed E-state index contributed by atoms with van der Waals surface area (Å²) in [6.45, 7) is 2.27. The molecule has 0 atom stereocenters. The fourth-order valence-corrected chi connectivity index (χ4v) is 1.88. The molecule has 1 aromatic heterocycles. The van der Waals surface area contributed by atoms with E-state index in [-0.39, 0.29) is 5.97 Å². The molecule has 0 saturated heterocycles. The highest BCUT2D eigenvalue weighted by atomic mass is 16.5. The number of carbonyl (C=O) groups is 1. The highest BCUT2D eigenvalue weighted by Crippen LogP contribution is 2.18. The molecule has 0 saturated carbocycles. The maximum Gasteiger partial charge on any atom is 0.306 e. The zero-order valence-corrected chi connectivity index (χ0v) is 10.5. The molecule has 0 fully saturated rings. The van der Waals surface area contributed by atoms with Crippen LogP contribution in [0.1, 0.15) is 18.9 Å². The fraction of sp³-hybridized carbons (Fsp3) is 0.267. The molecule has 94 valence electrons. The monoisotopic (exact) mass is 243 g/mol. The van der Waals surface area contributed by atoms with E-state index in [0.29, 0.717) is 19.4 Å². The van der Waals surface area contributed by atoms with Crippen LogP contribution in [0.25, 0.3) is 10.9 Å². The van der Waals surface area contributed by atoms with Crippen LogP contribution >= 0.6 is 0 Å². The van der Waals surface area contributed by atoms with Crippen molar-refractivity contribution in [2.45, 2.75) is 19.8 Å². The van der Waals surface area contributed by atoms with Gasteiger partial charge in [0.25, 0.3) is 0 Å². The summed E-state index contributed by atoms with van der Waals surface area (Å²) in [5, 5.41) is 1.18. The second kappa shape index (κ2) is 6.05. The Labute approximate surface area is 106 Å². The van der Waals surface area contributed by atoms with Crippen molar-refractivity contribution in [3.8, 4) is 0 Å². The molecule has 0 radical (unpaired) electrons. The summed E-state index contributed by atoms with van der Waals surface area (Å²) in [6.07, 6.45) is 6.78. The van der Waals surface area contributed by atoms with Crippen molar-refractivity contribution in [3.63, 3.8) is 0 Å². The molecule has 3 heteroatoms. The Morgan fingerprint density at radius 3 is 3.06 bits per heavy atom. The molecule has 3 nitrogen and oxygen atoms in total. The van der Waals surface area contributed by atoms with Gasteiger partial charge in [-0.2, -0.15) is 0 Å². The first kappa shape index (κ1) is 12.4. The average Bonchev–Trinajstić information content (AvgIpc) is 2.80. The summed E-state index contributed by atoms with van der Waals surface area (Å²) >= 11 is 0. The number of aromatic amines is 1. The van der Waals surface area contributed by atoms with Crippen LogP contribution in [0.4, 0.5) is 0 Å². The minimum absolute atomic E-state index is 0.154. The standard InChI is InChI=1S/C15H17NO2/c1-2-3-10-18-15(17)9-8-12-11-16-14-7-5-4-6-13(12)14/h2-7,11,16H,8-10H2,1H3/b3-2+. The van der Waals surface area contributed by atoms with E-state index in [9.17, 15) is 4.79 Å². The fourth-order valence-electron chi connectivity index (χ4n) is 1.88. The summed E-state index contributed by atoms with van der Waals surface area (Å²) in [5.41, 5.74) is 2.27. The van der Waals surface area contributed by atoms with E-state index >= 15 is 0 Å². The summed E-state index contributed by atoms with van der Waals surface area (Å²) in [7, 11) is 0. The molecule has 0 aliphatic heterocycles. The van der Waals surface area contributed by atoms with Gasteiger partial charge in [0.15, 0.2) is 0 Å². The summed E-state index contributed by atoms with van der Waals surface area (Å²) in [4.78, 5) is 14.7. The van der Waals surface area contributed by atoms with Gasteiger partial charge in [-0.1, -0.05) is 30.4 Å². The summed E-state index contributed by atoms with van der Waals surface area (Å²) < 4.78 is 5.06. The van der Waals surface area contributed by atoms with E-state index in [2.05, 4.69) is 11.1 Å². The van der Waals surface area contributed by atoms with Gasteiger partial charge >= 0.3 is 5.97 Å². The summed E-state index contributed by atoms with van der Waals surface area (Å²) in [6, 6.07) is 8.09. The minimum atomic E-state index is -0.154. The van der Waals surface area contributed by atoms with Gasteiger partial charge in [0.05, 0.1) is 0 Å². The third-order valence-electron chi connectivity index (χ3n) is 2.85. The van der Waals surface area contributed by atoms with Crippen molar-refractivity contribution < 1.29 is 9.53 Å². The van der Waals surface area contributed by atoms with Crippen LogP contribution in [-0.2, 0) is 16.0 Å².